The Bertz CT molecular complexity index is 1370. The average molecular weight is 484 g/mol. The minimum absolute atomic E-state index is 0.0674. The topological polar surface area (TPSA) is 114 Å². The van der Waals surface area contributed by atoms with E-state index in [2.05, 4.69) is 35.9 Å². The number of anilines is 1. The third-order valence-electron chi connectivity index (χ3n) is 5.33. The molecule has 0 saturated heterocycles. The first kappa shape index (κ1) is 21.7. The molecule has 0 aliphatic carbocycles. The van der Waals surface area contributed by atoms with Gasteiger partial charge in [0.2, 0.25) is 17.0 Å². The lowest BCUT2D eigenvalue weighted by Gasteiger charge is -2.18. The Labute approximate surface area is 199 Å². The summed E-state index contributed by atoms with van der Waals surface area (Å²) in [6, 6.07) is 3.84. The van der Waals surface area contributed by atoms with E-state index >= 15 is 0 Å². The fourth-order valence-electron chi connectivity index (χ4n) is 3.95. The van der Waals surface area contributed by atoms with E-state index in [1.165, 1.54) is 11.3 Å². The molecule has 4 aromatic rings. The Kier molecular flexibility index (Phi) is 5.96. The Morgan fingerprint density at radius 1 is 1.09 bits per heavy atom. The molecule has 0 atom stereocenters. The van der Waals surface area contributed by atoms with Gasteiger partial charge in [0.1, 0.15) is 4.88 Å². The van der Waals surface area contributed by atoms with Crippen LogP contribution in [0.25, 0.3) is 21.1 Å². The van der Waals surface area contributed by atoms with Gasteiger partial charge in [-0.1, -0.05) is 13.8 Å². The van der Waals surface area contributed by atoms with Gasteiger partial charge in [-0.05, 0) is 36.7 Å². The van der Waals surface area contributed by atoms with E-state index in [4.69, 9.17) is 16.3 Å². The molecule has 0 bridgehead atoms. The molecule has 33 heavy (non-hydrogen) atoms. The SMILES string of the molecule is CC.O=C1NCCNc2c1sc1ccc3nc(Oc4nc(Cl)nc5c4CCNC5)cnc3c21. The third kappa shape index (κ3) is 3.94. The van der Waals surface area contributed by atoms with Crippen molar-refractivity contribution in [2.24, 2.45) is 0 Å². The number of carbonyl (C=O) groups excluding carboxylic acids is 1. The van der Waals surface area contributed by atoms with Crippen molar-refractivity contribution in [3.05, 3.63) is 39.7 Å². The number of aromatic nitrogens is 4. The molecule has 170 valence electrons. The quantitative estimate of drug-likeness (QED) is 0.368. The summed E-state index contributed by atoms with van der Waals surface area (Å²) in [5.41, 5.74) is 3.97. The Morgan fingerprint density at radius 2 is 1.94 bits per heavy atom. The summed E-state index contributed by atoms with van der Waals surface area (Å²) in [5.74, 6) is 0.672. The highest BCUT2D eigenvalue weighted by molar-refractivity contribution is 7.21. The molecule has 0 saturated carbocycles. The molecule has 2 aliphatic heterocycles. The molecule has 0 fully saturated rings. The maximum Gasteiger partial charge on any atom is 0.263 e. The molecule has 5 heterocycles. The number of halogens is 1. The van der Waals surface area contributed by atoms with E-state index in [0.717, 1.165) is 45.5 Å². The number of ether oxygens (including phenoxy) is 1. The summed E-state index contributed by atoms with van der Waals surface area (Å²) in [6.07, 6.45) is 2.32. The maximum atomic E-state index is 12.4. The summed E-state index contributed by atoms with van der Waals surface area (Å²) in [4.78, 5) is 30.9. The van der Waals surface area contributed by atoms with Crippen LogP contribution in [0.5, 0.6) is 11.8 Å². The smallest absolute Gasteiger partial charge is 0.263 e. The number of thiophene rings is 1. The monoisotopic (exact) mass is 483 g/mol. The molecular weight excluding hydrogens is 462 g/mol. The summed E-state index contributed by atoms with van der Waals surface area (Å²) >= 11 is 7.53. The molecule has 0 radical (unpaired) electrons. The second kappa shape index (κ2) is 9.05. The zero-order chi connectivity index (χ0) is 22.9. The van der Waals surface area contributed by atoms with Gasteiger partial charge in [-0.15, -0.1) is 11.3 Å². The number of hydrogen-bond donors (Lipinski definition) is 3. The number of amides is 1. The van der Waals surface area contributed by atoms with Gasteiger partial charge in [0.15, 0.2) is 0 Å². The summed E-state index contributed by atoms with van der Waals surface area (Å²) in [7, 11) is 0. The van der Waals surface area contributed by atoms with Crippen molar-refractivity contribution in [1.82, 2.24) is 30.6 Å². The number of hydrogen-bond acceptors (Lipinski definition) is 9. The first-order valence-corrected chi connectivity index (χ1v) is 12.0. The minimum atomic E-state index is -0.0674. The first-order valence-electron chi connectivity index (χ1n) is 10.9. The van der Waals surface area contributed by atoms with Crippen LogP contribution in [0.3, 0.4) is 0 Å². The molecule has 0 unspecified atom stereocenters. The molecular formula is C22H22ClN7O2S. The lowest BCUT2D eigenvalue weighted by Crippen LogP contribution is -2.25. The van der Waals surface area contributed by atoms with Crippen molar-refractivity contribution in [1.29, 1.82) is 0 Å². The highest BCUT2D eigenvalue weighted by atomic mass is 35.5. The summed E-state index contributed by atoms with van der Waals surface area (Å²) < 4.78 is 6.98. The van der Waals surface area contributed by atoms with E-state index in [1.807, 2.05) is 26.0 Å². The minimum Gasteiger partial charge on any atom is -0.419 e. The predicted molar refractivity (Wildman–Crippen MR) is 130 cm³/mol. The predicted octanol–water partition coefficient (Wildman–Crippen LogP) is 3.91. The van der Waals surface area contributed by atoms with Gasteiger partial charge in [-0.3, -0.25) is 4.79 Å². The van der Waals surface area contributed by atoms with E-state index in [-0.39, 0.29) is 11.2 Å². The van der Waals surface area contributed by atoms with E-state index in [9.17, 15) is 4.79 Å². The average Bonchev–Trinajstić information content (AvgIpc) is 3.12. The van der Waals surface area contributed by atoms with Crippen molar-refractivity contribution in [3.8, 4) is 11.8 Å². The Hall–Kier alpha value is -3.08. The molecule has 2 aliphatic rings. The molecule has 9 nitrogen and oxygen atoms in total. The number of nitrogens with zero attached hydrogens (tertiary/aromatic N) is 4. The van der Waals surface area contributed by atoms with Gasteiger partial charge in [0.25, 0.3) is 5.91 Å². The van der Waals surface area contributed by atoms with Crippen LogP contribution < -0.4 is 20.7 Å². The number of fused-ring (bicyclic) bond motifs is 6. The zero-order valence-corrected chi connectivity index (χ0v) is 19.7. The van der Waals surface area contributed by atoms with E-state index < -0.39 is 0 Å². The highest BCUT2D eigenvalue weighted by Gasteiger charge is 2.23. The lowest BCUT2D eigenvalue weighted by molar-refractivity contribution is 0.0962. The fraction of sp³-hybridized carbons (Fsp3) is 0.318. The molecule has 1 aromatic carbocycles. The van der Waals surface area contributed by atoms with Gasteiger partial charge in [0.05, 0.1) is 28.6 Å². The van der Waals surface area contributed by atoms with E-state index in [1.54, 1.807) is 6.20 Å². The summed E-state index contributed by atoms with van der Waals surface area (Å²) in [6.45, 7) is 6.68. The largest absolute Gasteiger partial charge is 0.419 e. The van der Waals surface area contributed by atoms with Crippen molar-refractivity contribution >= 4 is 55.7 Å². The Morgan fingerprint density at radius 3 is 2.82 bits per heavy atom. The lowest BCUT2D eigenvalue weighted by atomic mass is 10.1. The van der Waals surface area contributed by atoms with Crippen LogP contribution in [0, 0.1) is 0 Å². The van der Waals surface area contributed by atoms with Gasteiger partial charge >= 0.3 is 0 Å². The molecule has 0 spiro atoms. The van der Waals surface area contributed by atoms with Gasteiger partial charge < -0.3 is 20.7 Å². The van der Waals surface area contributed by atoms with Crippen LogP contribution in [-0.4, -0.2) is 45.5 Å². The van der Waals surface area contributed by atoms with E-state index in [0.29, 0.717) is 41.8 Å². The molecule has 6 rings (SSSR count). The van der Waals surface area contributed by atoms with Crippen molar-refractivity contribution in [3.63, 3.8) is 0 Å². The van der Waals surface area contributed by atoms with Crippen LogP contribution >= 0.6 is 22.9 Å². The van der Waals surface area contributed by atoms with Crippen LogP contribution in [0.4, 0.5) is 5.69 Å². The van der Waals surface area contributed by atoms with Crippen molar-refractivity contribution < 1.29 is 9.53 Å². The number of rotatable bonds is 2. The molecule has 1 amide bonds. The molecule has 3 N–H and O–H groups in total. The Balaban J connectivity index is 0.00000111. The maximum absolute atomic E-state index is 12.4. The number of carbonyl (C=O) groups is 1. The number of benzene rings is 1. The fourth-order valence-corrected chi connectivity index (χ4v) is 5.23. The molecule has 3 aromatic heterocycles. The van der Waals surface area contributed by atoms with Gasteiger partial charge in [-0.2, -0.15) is 4.98 Å². The van der Waals surface area contributed by atoms with Gasteiger partial charge in [-0.25, -0.2) is 15.0 Å². The van der Waals surface area contributed by atoms with Crippen molar-refractivity contribution in [2.45, 2.75) is 26.8 Å². The third-order valence-corrected chi connectivity index (χ3v) is 6.66. The summed E-state index contributed by atoms with van der Waals surface area (Å²) in [5, 5.41) is 10.6. The zero-order valence-electron chi connectivity index (χ0n) is 18.2. The van der Waals surface area contributed by atoms with Crippen molar-refractivity contribution in [2.75, 3.05) is 25.0 Å². The molecule has 11 heteroatoms. The first-order chi connectivity index (χ1) is 16.2. The second-order valence-corrected chi connectivity index (χ2v) is 8.65. The van der Waals surface area contributed by atoms with Crippen LogP contribution in [0.15, 0.2) is 18.3 Å². The van der Waals surface area contributed by atoms with Crippen LogP contribution in [0.2, 0.25) is 5.28 Å². The highest BCUT2D eigenvalue weighted by Crippen LogP contribution is 2.40. The number of nitrogens with one attached hydrogen (secondary N) is 3. The second-order valence-electron chi connectivity index (χ2n) is 7.26. The van der Waals surface area contributed by atoms with Gasteiger partial charge in [0, 0.05) is 35.3 Å². The normalized spacial score (nSPS) is 14.9. The van der Waals surface area contributed by atoms with Crippen LogP contribution in [0.1, 0.15) is 34.8 Å². The standard InChI is InChI=1S/C20H16ClN7O2S.C2H6/c21-20-27-11-7-22-4-3-9(11)19(28-20)30-13-8-25-15-10(26-13)1-2-12-14(15)16-17(31-12)18(29)24-6-5-23-16;1-2/h1-2,8,22-23H,3-7H2,(H,24,29);1-2H3. The van der Waals surface area contributed by atoms with Crippen LogP contribution in [-0.2, 0) is 13.0 Å².